The summed E-state index contributed by atoms with van der Waals surface area (Å²) in [6, 6.07) is 0. The van der Waals surface area contributed by atoms with Crippen LogP contribution in [-0.4, -0.2) is 18.4 Å². The first-order valence-corrected chi connectivity index (χ1v) is 7.08. The van der Waals surface area contributed by atoms with E-state index in [-0.39, 0.29) is 11.8 Å². The number of carbonyl (C=O) groups excluding carboxylic acids is 2. The number of ketones is 1. The van der Waals surface area contributed by atoms with E-state index in [4.69, 9.17) is 4.74 Å². The molecule has 0 heterocycles. The molecule has 0 N–H and O–H groups in total. The Morgan fingerprint density at radius 3 is 2.32 bits per heavy atom. The number of hydrogen-bond donors (Lipinski definition) is 0. The van der Waals surface area contributed by atoms with Gasteiger partial charge in [0.15, 0.2) is 0 Å². The number of esters is 1. The number of hydrogen-bond acceptors (Lipinski definition) is 3. The average molecular weight is 266 g/mol. The van der Waals surface area contributed by atoms with E-state index in [9.17, 15) is 9.59 Å². The number of Topliss-reactive ketones (excluding diaryl/α,β-unsaturated/α-hetero) is 1. The van der Waals surface area contributed by atoms with Gasteiger partial charge in [0.1, 0.15) is 11.7 Å². The summed E-state index contributed by atoms with van der Waals surface area (Å²) in [7, 11) is 0. The summed E-state index contributed by atoms with van der Waals surface area (Å²) >= 11 is 0. The van der Waals surface area contributed by atoms with Crippen LogP contribution in [-0.2, 0) is 14.3 Å². The summed E-state index contributed by atoms with van der Waals surface area (Å²) in [5, 5.41) is 0. The number of carbonyl (C=O) groups is 2. The normalized spacial score (nSPS) is 11.6. The van der Waals surface area contributed by atoms with E-state index in [1.54, 1.807) is 13.0 Å². The van der Waals surface area contributed by atoms with Crippen LogP contribution < -0.4 is 0 Å². The van der Waals surface area contributed by atoms with E-state index in [0.29, 0.717) is 19.4 Å². The summed E-state index contributed by atoms with van der Waals surface area (Å²) < 4.78 is 4.98. The third-order valence-corrected chi connectivity index (χ3v) is 2.94. The molecule has 0 aliphatic rings. The Morgan fingerprint density at radius 1 is 1.11 bits per heavy atom. The maximum absolute atomic E-state index is 12.1. The molecule has 19 heavy (non-hydrogen) atoms. The Bertz CT molecular complexity index is 294. The largest absolute Gasteiger partial charge is 0.465 e. The third kappa shape index (κ3) is 8.36. The van der Waals surface area contributed by atoms with Crippen molar-refractivity contribution >= 4 is 11.8 Å². The third-order valence-electron chi connectivity index (χ3n) is 2.94. The van der Waals surface area contributed by atoms with Crippen LogP contribution in [0.4, 0.5) is 0 Å². The van der Waals surface area contributed by atoms with E-state index >= 15 is 0 Å². The second-order valence-electron chi connectivity index (χ2n) is 4.52. The molecule has 0 aromatic carbocycles. The molecule has 0 aromatic heterocycles. The zero-order chi connectivity index (χ0) is 14.5. The van der Waals surface area contributed by atoms with Gasteiger partial charge in [0, 0.05) is 6.42 Å². The van der Waals surface area contributed by atoms with Crippen molar-refractivity contribution in [1.29, 1.82) is 0 Å². The van der Waals surface area contributed by atoms with Crippen LogP contribution in [0.1, 0.15) is 51.9 Å². The van der Waals surface area contributed by atoms with Crippen molar-refractivity contribution in [2.24, 2.45) is 5.92 Å². The van der Waals surface area contributed by atoms with Crippen LogP contribution in [0, 0.1) is 5.92 Å². The molecule has 0 aromatic rings. The van der Waals surface area contributed by atoms with Crippen LogP contribution in [0.2, 0.25) is 0 Å². The van der Waals surface area contributed by atoms with Crippen molar-refractivity contribution in [3.63, 3.8) is 0 Å². The molecular formula is C16H26O3. The Balaban J connectivity index is 4.27. The van der Waals surface area contributed by atoms with Crippen LogP contribution in [0.25, 0.3) is 0 Å². The highest BCUT2D eigenvalue weighted by Crippen LogP contribution is 2.16. The minimum Gasteiger partial charge on any atom is -0.465 e. The lowest BCUT2D eigenvalue weighted by molar-refractivity contribution is -0.151. The monoisotopic (exact) mass is 266 g/mol. The molecule has 108 valence electrons. The van der Waals surface area contributed by atoms with Crippen molar-refractivity contribution in [3.05, 3.63) is 25.3 Å². The van der Waals surface area contributed by atoms with Gasteiger partial charge in [0.25, 0.3) is 0 Å². The highest BCUT2D eigenvalue weighted by atomic mass is 16.5. The lowest BCUT2D eigenvalue weighted by atomic mass is 9.94. The Hall–Kier alpha value is -1.38. The smallest absolute Gasteiger partial charge is 0.316 e. The van der Waals surface area contributed by atoms with Crippen LogP contribution in [0.5, 0.6) is 0 Å². The molecule has 3 nitrogen and oxygen atoms in total. The van der Waals surface area contributed by atoms with Gasteiger partial charge in [-0.2, -0.15) is 0 Å². The summed E-state index contributed by atoms with van der Waals surface area (Å²) in [4.78, 5) is 23.8. The molecule has 1 unspecified atom stereocenters. The average Bonchev–Trinajstić information content (AvgIpc) is 2.39. The molecule has 0 bridgehead atoms. The van der Waals surface area contributed by atoms with E-state index in [1.165, 1.54) is 0 Å². The maximum Gasteiger partial charge on any atom is 0.316 e. The number of allylic oxidation sites excluding steroid dienone is 2. The molecule has 0 saturated carbocycles. The van der Waals surface area contributed by atoms with Gasteiger partial charge in [-0.05, 0) is 45.4 Å². The Kier molecular flexibility index (Phi) is 10.8. The highest BCUT2D eigenvalue weighted by Gasteiger charge is 2.26. The molecule has 1 atom stereocenters. The van der Waals surface area contributed by atoms with E-state index in [2.05, 4.69) is 13.2 Å². The van der Waals surface area contributed by atoms with Gasteiger partial charge < -0.3 is 4.74 Å². The van der Waals surface area contributed by atoms with Gasteiger partial charge in [-0.1, -0.05) is 12.2 Å². The summed E-state index contributed by atoms with van der Waals surface area (Å²) in [6.07, 6.45) is 8.93. The predicted molar refractivity (Wildman–Crippen MR) is 77.8 cm³/mol. The fraction of sp³-hybridized carbons (Fsp3) is 0.625. The number of rotatable bonds is 12. The van der Waals surface area contributed by atoms with Gasteiger partial charge >= 0.3 is 5.97 Å². The molecule has 0 amide bonds. The first kappa shape index (κ1) is 17.6. The van der Waals surface area contributed by atoms with E-state index in [0.717, 1.165) is 32.1 Å². The summed E-state index contributed by atoms with van der Waals surface area (Å²) in [6.45, 7) is 9.37. The van der Waals surface area contributed by atoms with Gasteiger partial charge in [0.2, 0.25) is 0 Å². The van der Waals surface area contributed by atoms with Gasteiger partial charge in [-0.15, -0.1) is 13.2 Å². The van der Waals surface area contributed by atoms with Gasteiger partial charge in [0.05, 0.1) is 6.61 Å². The Morgan fingerprint density at radius 2 is 1.74 bits per heavy atom. The topological polar surface area (TPSA) is 43.4 Å². The van der Waals surface area contributed by atoms with Gasteiger partial charge in [-0.3, -0.25) is 9.59 Å². The predicted octanol–water partition coefficient (Wildman–Crippen LogP) is 3.84. The minimum atomic E-state index is -0.594. The van der Waals surface area contributed by atoms with Crippen LogP contribution >= 0.6 is 0 Å². The molecule has 0 rings (SSSR count). The van der Waals surface area contributed by atoms with E-state index < -0.39 is 5.92 Å². The summed E-state index contributed by atoms with van der Waals surface area (Å²) in [5.41, 5.74) is 0. The fourth-order valence-corrected chi connectivity index (χ4v) is 1.88. The molecule has 0 radical (unpaired) electrons. The van der Waals surface area contributed by atoms with Crippen molar-refractivity contribution < 1.29 is 14.3 Å². The van der Waals surface area contributed by atoms with E-state index in [1.807, 2.05) is 6.08 Å². The fourth-order valence-electron chi connectivity index (χ4n) is 1.88. The molecule has 0 saturated heterocycles. The van der Waals surface area contributed by atoms with Gasteiger partial charge in [-0.25, -0.2) is 0 Å². The highest BCUT2D eigenvalue weighted by molar-refractivity contribution is 5.98. The quantitative estimate of drug-likeness (QED) is 0.233. The summed E-state index contributed by atoms with van der Waals surface area (Å²) in [5.74, 6) is -0.963. The van der Waals surface area contributed by atoms with Crippen LogP contribution in [0.3, 0.4) is 0 Å². The van der Waals surface area contributed by atoms with Crippen molar-refractivity contribution in [3.8, 4) is 0 Å². The number of unbranched alkanes of at least 4 members (excludes halogenated alkanes) is 3. The maximum atomic E-state index is 12.1. The second kappa shape index (κ2) is 11.7. The minimum absolute atomic E-state index is 0.00609. The molecule has 0 aliphatic heterocycles. The first-order chi connectivity index (χ1) is 9.17. The lowest BCUT2D eigenvalue weighted by Crippen LogP contribution is -2.26. The van der Waals surface area contributed by atoms with Crippen molar-refractivity contribution in [2.75, 3.05) is 6.61 Å². The molecular weight excluding hydrogens is 240 g/mol. The lowest BCUT2D eigenvalue weighted by Gasteiger charge is -2.14. The van der Waals surface area contributed by atoms with Crippen LogP contribution in [0.15, 0.2) is 25.3 Å². The van der Waals surface area contributed by atoms with Crippen molar-refractivity contribution in [2.45, 2.75) is 51.9 Å². The zero-order valence-corrected chi connectivity index (χ0v) is 12.0. The first-order valence-electron chi connectivity index (χ1n) is 7.08. The number of ether oxygens (including phenoxy) is 1. The SMILES string of the molecule is C=CCCCCC(=O)C(CCCC=C)C(=O)OCC. The van der Waals surface area contributed by atoms with Crippen molar-refractivity contribution in [1.82, 2.24) is 0 Å². The molecule has 0 fully saturated rings. The molecule has 3 heteroatoms. The molecule has 0 spiro atoms. The second-order valence-corrected chi connectivity index (χ2v) is 4.52. The Labute approximate surface area is 116 Å². The zero-order valence-electron chi connectivity index (χ0n) is 12.0. The molecule has 0 aliphatic carbocycles. The standard InChI is InChI=1S/C16H26O3/c1-4-7-9-11-13-15(17)14(12-10-8-5-2)16(18)19-6-3/h4-5,14H,1-2,6-13H2,3H3.